The van der Waals surface area contributed by atoms with E-state index in [0.717, 1.165) is 45.0 Å². The van der Waals surface area contributed by atoms with Gasteiger partial charge in [0.15, 0.2) is 5.82 Å². The molecule has 0 spiro atoms. The third-order valence-corrected chi connectivity index (χ3v) is 3.73. The lowest BCUT2D eigenvalue weighted by Crippen LogP contribution is -2.28. The van der Waals surface area contributed by atoms with Gasteiger partial charge in [-0.3, -0.25) is 0 Å². The molecule has 0 aromatic carbocycles. The van der Waals surface area contributed by atoms with E-state index in [0.29, 0.717) is 17.9 Å². The molecule has 1 aromatic heterocycles. The zero-order chi connectivity index (χ0) is 13.7. The first-order chi connectivity index (χ1) is 9.18. The Hall–Kier alpha value is -1.01. The van der Waals surface area contributed by atoms with E-state index in [4.69, 9.17) is 4.74 Å². The smallest absolute Gasteiger partial charge is 0.165 e. The van der Waals surface area contributed by atoms with Crippen LogP contribution in [0.1, 0.15) is 45.5 Å². The third-order valence-electron chi connectivity index (χ3n) is 3.73. The van der Waals surface area contributed by atoms with Crippen molar-refractivity contribution in [1.82, 2.24) is 25.5 Å². The Morgan fingerprint density at radius 1 is 1.32 bits per heavy atom. The highest BCUT2D eigenvalue weighted by Gasteiger charge is 2.24. The van der Waals surface area contributed by atoms with E-state index in [1.165, 1.54) is 0 Å². The van der Waals surface area contributed by atoms with Gasteiger partial charge in [0.2, 0.25) is 0 Å². The molecule has 1 fully saturated rings. The summed E-state index contributed by atoms with van der Waals surface area (Å²) >= 11 is 0. The van der Waals surface area contributed by atoms with E-state index in [-0.39, 0.29) is 0 Å². The molecule has 1 aliphatic rings. The van der Waals surface area contributed by atoms with Crippen LogP contribution in [0.25, 0.3) is 0 Å². The van der Waals surface area contributed by atoms with Crippen LogP contribution in [0.2, 0.25) is 0 Å². The average Bonchev–Trinajstić information content (AvgIpc) is 2.87. The molecule has 0 aliphatic carbocycles. The number of nitrogens with zero attached hydrogens (tertiary/aromatic N) is 4. The molecule has 1 atom stereocenters. The SMILES string of the molecule is CC(C)CNCc1nnnn1C(C)C1CCOCC1. The molecule has 6 heteroatoms. The number of rotatable bonds is 6. The minimum Gasteiger partial charge on any atom is -0.381 e. The van der Waals surface area contributed by atoms with Crippen molar-refractivity contribution in [3.05, 3.63) is 5.82 Å². The maximum absolute atomic E-state index is 5.42. The molecule has 19 heavy (non-hydrogen) atoms. The van der Waals surface area contributed by atoms with Crippen molar-refractivity contribution in [2.45, 2.75) is 46.2 Å². The molecule has 2 heterocycles. The van der Waals surface area contributed by atoms with Gasteiger partial charge in [0.25, 0.3) is 0 Å². The van der Waals surface area contributed by atoms with Crippen LogP contribution >= 0.6 is 0 Å². The van der Waals surface area contributed by atoms with E-state index in [1.807, 2.05) is 4.68 Å². The van der Waals surface area contributed by atoms with Crippen molar-refractivity contribution in [1.29, 1.82) is 0 Å². The standard InChI is InChI=1S/C13H25N5O/c1-10(2)8-14-9-13-15-16-17-18(13)11(3)12-4-6-19-7-5-12/h10-12,14H,4-9H2,1-3H3. The first-order valence-electron chi connectivity index (χ1n) is 7.23. The molecule has 1 N–H and O–H groups in total. The summed E-state index contributed by atoms with van der Waals surface area (Å²) < 4.78 is 7.39. The van der Waals surface area contributed by atoms with Crippen molar-refractivity contribution in [3.63, 3.8) is 0 Å². The fourth-order valence-corrected chi connectivity index (χ4v) is 2.52. The summed E-state index contributed by atoms with van der Waals surface area (Å²) in [4.78, 5) is 0. The maximum Gasteiger partial charge on any atom is 0.165 e. The highest BCUT2D eigenvalue weighted by Crippen LogP contribution is 2.27. The van der Waals surface area contributed by atoms with Crippen LogP contribution in [-0.2, 0) is 11.3 Å². The monoisotopic (exact) mass is 267 g/mol. The van der Waals surface area contributed by atoms with Crippen LogP contribution in [0.5, 0.6) is 0 Å². The molecular weight excluding hydrogens is 242 g/mol. The fraction of sp³-hybridized carbons (Fsp3) is 0.923. The Balaban J connectivity index is 1.93. The van der Waals surface area contributed by atoms with Gasteiger partial charge in [0.1, 0.15) is 0 Å². The van der Waals surface area contributed by atoms with E-state index < -0.39 is 0 Å². The van der Waals surface area contributed by atoms with Crippen LogP contribution in [-0.4, -0.2) is 40.0 Å². The predicted octanol–water partition coefficient (Wildman–Crippen LogP) is 1.41. The molecule has 6 nitrogen and oxygen atoms in total. The second kappa shape index (κ2) is 6.96. The Bertz CT molecular complexity index is 373. The Morgan fingerprint density at radius 2 is 2.05 bits per heavy atom. The van der Waals surface area contributed by atoms with Crippen LogP contribution in [0, 0.1) is 11.8 Å². The lowest BCUT2D eigenvalue weighted by molar-refractivity contribution is 0.0487. The number of tetrazole rings is 1. The predicted molar refractivity (Wildman–Crippen MR) is 72.6 cm³/mol. The Kier molecular flexibility index (Phi) is 5.27. The van der Waals surface area contributed by atoms with Crippen molar-refractivity contribution in [2.24, 2.45) is 11.8 Å². The zero-order valence-electron chi connectivity index (χ0n) is 12.2. The second-order valence-corrected chi connectivity index (χ2v) is 5.75. The van der Waals surface area contributed by atoms with E-state index >= 15 is 0 Å². The van der Waals surface area contributed by atoms with Crippen LogP contribution < -0.4 is 5.32 Å². The van der Waals surface area contributed by atoms with E-state index in [9.17, 15) is 0 Å². The van der Waals surface area contributed by atoms with Crippen LogP contribution in [0.15, 0.2) is 0 Å². The number of hydrogen-bond acceptors (Lipinski definition) is 5. The molecule has 0 saturated carbocycles. The van der Waals surface area contributed by atoms with Crippen molar-refractivity contribution < 1.29 is 4.74 Å². The van der Waals surface area contributed by atoms with Crippen LogP contribution in [0.4, 0.5) is 0 Å². The average molecular weight is 267 g/mol. The molecule has 0 amide bonds. The van der Waals surface area contributed by atoms with Crippen molar-refractivity contribution >= 4 is 0 Å². The Morgan fingerprint density at radius 3 is 2.74 bits per heavy atom. The summed E-state index contributed by atoms with van der Waals surface area (Å²) in [6.07, 6.45) is 2.19. The lowest BCUT2D eigenvalue weighted by Gasteiger charge is -2.28. The molecule has 0 radical (unpaired) electrons. The van der Waals surface area contributed by atoms with Gasteiger partial charge >= 0.3 is 0 Å². The molecule has 0 bridgehead atoms. The quantitative estimate of drug-likeness (QED) is 0.844. The molecule has 1 aromatic rings. The molecular formula is C13H25N5O. The maximum atomic E-state index is 5.42. The molecule has 1 unspecified atom stereocenters. The topological polar surface area (TPSA) is 64.9 Å². The minimum atomic E-state index is 0.342. The number of aromatic nitrogens is 4. The number of ether oxygens (including phenoxy) is 1. The van der Waals surface area contributed by atoms with Gasteiger partial charge in [-0.25, -0.2) is 4.68 Å². The number of nitrogens with one attached hydrogen (secondary N) is 1. The van der Waals surface area contributed by atoms with E-state index in [1.54, 1.807) is 0 Å². The van der Waals surface area contributed by atoms with Crippen molar-refractivity contribution in [2.75, 3.05) is 19.8 Å². The van der Waals surface area contributed by atoms with Gasteiger partial charge in [0, 0.05) is 13.2 Å². The first kappa shape index (κ1) is 14.4. The second-order valence-electron chi connectivity index (χ2n) is 5.75. The van der Waals surface area contributed by atoms with Gasteiger partial charge in [-0.1, -0.05) is 13.8 Å². The summed E-state index contributed by atoms with van der Waals surface area (Å²) in [7, 11) is 0. The zero-order valence-corrected chi connectivity index (χ0v) is 12.2. The van der Waals surface area contributed by atoms with Gasteiger partial charge in [-0.05, 0) is 48.6 Å². The van der Waals surface area contributed by atoms with Gasteiger partial charge in [-0.2, -0.15) is 0 Å². The Labute approximate surface area is 114 Å². The summed E-state index contributed by atoms with van der Waals surface area (Å²) in [5, 5.41) is 15.5. The molecule has 1 aliphatic heterocycles. The third kappa shape index (κ3) is 3.98. The minimum absolute atomic E-state index is 0.342. The summed E-state index contributed by atoms with van der Waals surface area (Å²) in [6.45, 7) is 10.0. The van der Waals surface area contributed by atoms with Crippen molar-refractivity contribution in [3.8, 4) is 0 Å². The molecule has 2 rings (SSSR count). The van der Waals surface area contributed by atoms with Gasteiger partial charge in [-0.15, -0.1) is 5.10 Å². The molecule has 1 saturated heterocycles. The summed E-state index contributed by atoms with van der Waals surface area (Å²) in [6, 6.07) is 0.342. The van der Waals surface area contributed by atoms with Crippen LogP contribution in [0.3, 0.4) is 0 Å². The molecule has 108 valence electrons. The van der Waals surface area contributed by atoms with E-state index in [2.05, 4.69) is 41.6 Å². The largest absolute Gasteiger partial charge is 0.381 e. The lowest BCUT2D eigenvalue weighted by atomic mass is 9.93. The first-order valence-corrected chi connectivity index (χ1v) is 7.23. The highest BCUT2D eigenvalue weighted by atomic mass is 16.5. The summed E-state index contributed by atoms with van der Waals surface area (Å²) in [5.41, 5.74) is 0. The van der Waals surface area contributed by atoms with Gasteiger partial charge < -0.3 is 10.1 Å². The number of hydrogen-bond donors (Lipinski definition) is 1. The normalized spacial score (nSPS) is 18.9. The highest BCUT2D eigenvalue weighted by molar-refractivity contribution is 4.85. The van der Waals surface area contributed by atoms with Gasteiger partial charge in [0.05, 0.1) is 12.6 Å². The summed E-state index contributed by atoms with van der Waals surface area (Å²) in [5.74, 6) is 2.18. The fourth-order valence-electron chi connectivity index (χ4n) is 2.52.